The number of amides is 1. The summed E-state index contributed by atoms with van der Waals surface area (Å²) in [6, 6.07) is 0.482. The van der Waals surface area contributed by atoms with Crippen molar-refractivity contribution in [2.75, 3.05) is 20.6 Å². The molecule has 1 amide bonds. The lowest BCUT2D eigenvalue weighted by Crippen LogP contribution is -2.50. The first-order valence-electron chi connectivity index (χ1n) is 8.49. The molecule has 0 aromatic heterocycles. The monoisotopic (exact) mass is 310 g/mol. The van der Waals surface area contributed by atoms with Crippen molar-refractivity contribution in [1.82, 2.24) is 16.0 Å². The molecular weight excluding hydrogens is 276 g/mol. The van der Waals surface area contributed by atoms with Crippen molar-refractivity contribution < 1.29 is 4.79 Å². The predicted molar refractivity (Wildman–Crippen MR) is 92.9 cm³/mol. The summed E-state index contributed by atoms with van der Waals surface area (Å²) in [7, 11) is 3.45. The molecule has 2 unspecified atom stereocenters. The maximum Gasteiger partial charge on any atom is 0.227 e. The van der Waals surface area contributed by atoms with Gasteiger partial charge in [-0.1, -0.05) is 26.7 Å². The van der Waals surface area contributed by atoms with Crippen LogP contribution in [0.1, 0.15) is 53.4 Å². The Morgan fingerprint density at radius 3 is 2.55 bits per heavy atom. The molecule has 0 aromatic carbocycles. The first-order valence-corrected chi connectivity index (χ1v) is 8.49. The van der Waals surface area contributed by atoms with Crippen molar-refractivity contribution in [3.05, 3.63) is 0 Å². The second-order valence-electron chi connectivity index (χ2n) is 7.40. The first kappa shape index (κ1) is 18.8. The molecule has 22 heavy (non-hydrogen) atoms. The SMILES string of the molecule is CN=C(NCC(C)(C)C(=O)NC)NC1CCCC(C(C)C)C1. The Kier molecular flexibility index (Phi) is 7.17. The largest absolute Gasteiger partial charge is 0.359 e. The van der Waals surface area contributed by atoms with Crippen LogP contribution in [0.15, 0.2) is 4.99 Å². The van der Waals surface area contributed by atoms with E-state index in [1.165, 1.54) is 25.7 Å². The van der Waals surface area contributed by atoms with Gasteiger partial charge in [-0.15, -0.1) is 0 Å². The fourth-order valence-electron chi connectivity index (χ4n) is 3.08. The zero-order chi connectivity index (χ0) is 16.8. The molecule has 128 valence electrons. The number of nitrogens with one attached hydrogen (secondary N) is 3. The van der Waals surface area contributed by atoms with Crippen molar-refractivity contribution in [2.45, 2.75) is 59.4 Å². The third-order valence-electron chi connectivity index (χ3n) is 4.76. The number of rotatable bonds is 5. The van der Waals surface area contributed by atoms with Gasteiger partial charge in [0.2, 0.25) is 5.91 Å². The van der Waals surface area contributed by atoms with Crippen LogP contribution < -0.4 is 16.0 Å². The molecule has 1 fully saturated rings. The summed E-state index contributed by atoms with van der Waals surface area (Å²) >= 11 is 0. The van der Waals surface area contributed by atoms with E-state index in [1.54, 1.807) is 14.1 Å². The van der Waals surface area contributed by atoms with Gasteiger partial charge in [-0.2, -0.15) is 0 Å². The van der Waals surface area contributed by atoms with Gasteiger partial charge in [0.05, 0.1) is 5.41 Å². The maximum atomic E-state index is 11.8. The molecule has 1 aliphatic rings. The molecule has 0 saturated heterocycles. The highest BCUT2D eigenvalue weighted by Crippen LogP contribution is 2.29. The number of nitrogens with zero attached hydrogens (tertiary/aromatic N) is 1. The summed E-state index contributed by atoms with van der Waals surface area (Å²) in [5.41, 5.74) is -0.459. The molecule has 0 aromatic rings. The van der Waals surface area contributed by atoms with Gasteiger partial charge in [-0.3, -0.25) is 9.79 Å². The zero-order valence-electron chi connectivity index (χ0n) is 15.1. The summed E-state index contributed by atoms with van der Waals surface area (Å²) in [6.45, 7) is 9.05. The second-order valence-corrected chi connectivity index (χ2v) is 7.40. The van der Waals surface area contributed by atoms with Crippen molar-refractivity contribution in [3.8, 4) is 0 Å². The van der Waals surface area contributed by atoms with Crippen LogP contribution in [0.4, 0.5) is 0 Å². The number of aliphatic imine (C=N–C) groups is 1. The van der Waals surface area contributed by atoms with Gasteiger partial charge in [0, 0.05) is 26.7 Å². The molecular formula is C17H34N4O. The predicted octanol–water partition coefficient (Wildman–Crippen LogP) is 2.14. The summed E-state index contributed by atoms with van der Waals surface area (Å²) in [6.07, 6.45) is 5.02. The number of carbonyl (C=O) groups excluding carboxylic acids is 1. The van der Waals surface area contributed by atoms with E-state index in [0.717, 1.165) is 17.8 Å². The fourth-order valence-corrected chi connectivity index (χ4v) is 3.08. The van der Waals surface area contributed by atoms with Crippen LogP contribution in [0.5, 0.6) is 0 Å². The van der Waals surface area contributed by atoms with Crippen LogP contribution >= 0.6 is 0 Å². The quantitative estimate of drug-likeness (QED) is 0.538. The number of carbonyl (C=O) groups is 1. The highest BCUT2D eigenvalue weighted by Gasteiger charge is 2.28. The van der Waals surface area contributed by atoms with Crippen molar-refractivity contribution in [1.29, 1.82) is 0 Å². The minimum atomic E-state index is -0.459. The van der Waals surface area contributed by atoms with Crippen LogP contribution in [-0.4, -0.2) is 38.5 Å². The molecule has 1 aliphatic carbocycles. The van der Waals surface area contributed by atoms with Gasteiger partial charge in [0.1, 0.15) is 0 Å². The minimum Gasteiger partial charge on any atom is -0.359 e. The highest BCUT2D eigenvalue weighted by molar-refractivity contribution is 5.84. The van der Waals surface area contributed by atoms with E-state index in [1.807, 2.05) is 13.8 Å². The van der Waals surface area contributed by atoms with Gasteiger partial charge in [-0.25, -0.2) is 0 Å². The summed E-state index contributed by atoms with van der Waals surface area (Å²) < 4.78 is 0. The minimum absolute atomic E-state index is 0.0352. The van der Waals surface area contributed by atoms with Crippen LogP contribution in [-0.2, 0) is 4.79 Å². The normalized spacial score (nSPS) is 23.3. The van der Waals surface area contributed by atoms with Gasteiger partial charge < -0.3 is 16.0 Å². The topological polar surface area (TPSA) is 65.5 Å². The van der Waals surface area contributed by atoms with Crippen molar-refractivity contribution >= 4 is 11.9 Å². The second kappa shape index (κ2) is 8.39. The van der Waals surface area contributed by atoms with Gasteiger partial charge in [-0.05, 0) is 38.5 Å². The van der Waals surface area contributed by atoms with Crippen LogP contribution in [0.25, 0.3) is 0 Å². The lowest BCUT2D eigenvalue weighted by molar-refractivity contribution is -0.128. The molecule has 0 aliphatic heterocycles. The number of guanidine groups is 1. The molecule has 0 spiro atoms. The summed E-state index contributed by atoms with van der Waals surface area (Å²) in [4.78, 5) is 16.1. The van der Waals surface area contributed by atoms with Crippen LogP contribution in [0.2, 0.25) is 0 Å². The van der Waals surface area contributed by atoms with E-state index in [9.17, 15) is 4.79 Å². The van der Waals surface area contributed by atoms with Crippen molar-refractivity contribution in [3.63, 3.8) is 0 Å². The third kappa shape index (κ3) is 5.50. The molecule has 0 radical (unpaired) electrons. The average Bonchev–Trinajstić information content (AvgIpc) is 2.50. The Labute approximate surface area is 135 Å². The average molecular weight is 310 g/mol. The zero-order valence-corrected chi connectivity index (χ0v) is 15.1. The Morgan fingerprint density at radius 2 is 2.00 bits per heavy atom. The fraction of sp³-hybridized carbons (Fsp3) is 0.882. The van der Waals surface area contributed by atoms with E-state index >= 15 is 0 Å². The smallest absolute Gasteiger partial charge is 0.227 e. The maximum absolute atomic E-state index is 11.8. The van der Waals surface area contributed by atoms with E-state index < -0.39 is 5.41 Å². The van der Waals surface area contributed by atoms with Gasteiger partial charge >= 0.3 is 0 Å². The van der Waals surface area contributed by atoms with E-state index in [-0.39, 0.29) is 5.91 Å². The molecule has 0 bridgehead atoms. The molecule has 1 saturated carbocycles. The molecule has 2 atom stereocenters. The Morgan fingerprint density at radius 1 is 1.32 bits per heavy atom. The molecule has 3 N–H and O–H groups in total. The number of hydrogen-bond donors (Lipinski definition) is 3. The van der Waals surface area contributed by atoms with Crippen LogP contribution in [0.3, 0.4) is 0 Å². The third-order valence-corrected chi connectivity index (χ3v) is 4.76. The molecule has 1 rings (SSSR count). The Hall–Kier alpha value is -1.26. The molecule has 0 heterocycles. The van der Waals surface area contributed by atoms with E-state index in [2.05, 4.69) is 34.8 Å². The number of hydrogen-bond acceptors (Lipinski definition) is 2. The summed E-state index contributed by atoms with van der Waals surface area (Å²) in [5, 5.41) is 9.53. The molecule has 5 heteroatoms. The summed E-state index contributed by atoms with van der Waals surface area (Å²) in [5.74, 6) is 2.37. The van der Waals surface area contributed by atoms with E-state index in [4.69, 9.17) is 0 Å². The lowest BCUT2D eigenvalue weighted by atomic mass is 9.79. The standard InChI is InChI=1S/C17H34N4O/c1-12(2)13-8-7-9-14(10-13)21-16(19-6)20-11-17(3,4)15(22)18-5/h12-14H,7-11H2,1-6H3,(H,18,22)(H2,19,20,21). The van der Waals surface area contributed by atoms with E-state index in [0.29, 0.717) is 12.6 Å². The van der Waals surface area contributed by atoms with Gasteiger partial charge in [0.15, 0.2) is 5.96 Å². The lowest BCUT2D eigenvalue weighted by Gasteiger charge is -2.33. The van der Waals surface area contributed by atoms with Crippen LogP contribution in [0, 0.1) is 17.3 Å². The van der Waals surface area contributed by atoms with Crippen molar-refractivity contribution in [2.24, 2.45) is 22.2 Å². The molecule has 5 nitrogen and oxygen atoms in total. The highest BCUT2D eigenvalue weighted by atomic mass is 16.2. The Balaban J connectivity index is 2.50. The van der Waals surface area contributed by atoms with Gasteiger partial charge in [0.25, 0.3) is 0 Å². The first-order chi connectivity index (χ1) is 10.3. The Bertz CT molecular complexity index is 390.